The zero-order chi connectivity index (χ0) is 15.1. The van der Waals surface area contributed by atoms with Crippen LogP contribution in [0.1, 0.15) is 29.8 Å². The van der Waals surface area contributed by atoms with Crippen LogP contribution < -0.4 is 11.5 Å². The standard InChI is InChI=1S/C13H15F2N3O2/c1-12(15)6-20-11(17)18-13(12,2)8-5-7(10(16)19)3-4-9(8)14/h3-5H,6H2,1-2H3,(H2,16,19)(H2,17,18)/t12-,13+/m0/s1. The molecule has 20 heavy (non-hydrogen) atoms. The van der Waals surface area contributed by atoms with Gasteiger partial charge >= 0.3 is 0 Å². The summed E-state index contributed by atoms with van der Waals surface area (Å²) in [6.07, 6.45) is 0. The summed E-state index contributed by atoms with van der Waals surface area (Å²) < 4.78 is 33.7. The lowest BCUT2D eigenvalue weighted by molar-refractivity contribution is 0.00398. The summed E-state index contributed by atoms with van der Waals surface area (Å²) in [6, 6.07) is 3.24. The first-order chi connectivity index (χ1) is 9.17. The molecule has 0 aromatic heterocycles. The highest BCUT2D eigenvalue weighted by molar-refractivity contribution is 5.93. The van der Waals surface area contributed by atoms with Crippen molar-refractivity contribution < 1.29 is 18.3 Å². The molecule has 5 nitrogen and oxygen atoms in total. The number of alkyl halides is 1. The van der Waals surface area contributed by atoms with Gasteiger partial charge in [0.2, 0.25) is 5.91 Å². The minimum Gasteiger partial charge on any atom is -0.462 e. The number of nitrogens with zero attached hydrogens (tertiary/aromatic N) is 1. The number of rotatable bonds is 2. The number of halogens is 2. The average Bonchev–Trinajstić information content (AvgIpc) is 2.35. The second kappa shape index (κ2) is 4.43. The van der Waals surface area contributed by atoms with Crippen molar-refractivity contribution in [3.05, 3.63) is 35.1 Å². The van der Waals surface area contributed by atoms with Gasteiger partial charge in [-0.15, -0.1) is 0 Å². The lowest BCUT2D eigenvalue weighted by Crippen LogP contribution is -2.52. The van der Waals surface area contributed by atoms with Crippen LogP contribution >= 0.6 is 0 Å². The van der Waals surface area contributed by atoms with E-state index in [0.29, 0.717) is 0 Å². The van der Waals surface area contributed by atoms with Crippen LogP contribution in [0.2, 0.25) is 0 Å². The third kappa shape index (κ3) is 2.09. The molecule has 0 saturated heterocycles. The van der Waals surface area contributed by atoms with Crippen molar-refractivity contribution in [2.24, 2.45) is 16.5 Å². The van der Waals surface area contributed by atoms with Crippen molar-refractivity contribution in [2.45, 2.75) is 25.1 Å². The van der Waals surface area contributed by atoms with Gasteiger partial charge in [-0.25, -0.2) is 13.8 Å². The van der Waals surface area contributed by atoms with E-state index in [9.17, 15) is 13.6 Å². The van der Waals surface area contributed by atoms with Crippen LogP contribution in [-0.2, 0) is 10.3 Å². The molecule has 4 N–H and O–H groups in total. The maximum absolute atomic E-state index is 14.7. The van der Waals surface area contributed by atoms with Gasteiger partial charge in [0.05, 0.1) is 0 Å². The van der Waals surface area contributed by atoms with Crippen LogP contribution in [0.25, 0.3) is 0 Å². The molecule has 0 bridgehead atoms. The SMILES string of the molecule is C[C@]1(F)COC(N)=N[C@]1(C)c1cc(C(N)=O)ccc1F. The number of hydrogen-bond donors (Lipinski definition) is 2. The highest BCUT2D eigenvalue weighted by atomic mass is 19.1. The number of hydrogen-bond acceptors (Lipinski definition) is 4. The lowest BCUT2D eigenvalue weighted by atomic mass is 9.77. The third-order valence-corrected chi connectivity index (χ3v) is 3.62. The van der Waals surface area contributed by atoms with Crippen molar-refractivity contribution in [2.75, 3.05) is 6.61 Å². The first kappa shape index (κ1) is 14.2. The molecular weight excluding hydrogens is 268 g/mol. The van der Waals surface area contributed by atoms with Crippen molar-refractivity contribution in [3.63, 3.8) is 0 Å². The molecule has 0 saturated carbocycles. The summed E-state index contributed by atoms with van der Waals surface area (Å²) in [6.45, 7) is 2.27. The number of ether oxygens (including phenoxy) is 1. The Balaban J connectivity index is 2.66. The number of carbonyl (C=O) groups excluding carboxylic acids is 1. The number of amidine groups is 1. The first-order valence-electron chi connectivity index (χ1n) is 5.94. The largest absolute Gasteiger partial charge is 0.462 e. The van der Waals surface area contributed by atoms with Gasteiger partial charge in [-0.05, 0) is 32.0 Å². The second-order valence-electron chi connectivity index (χ2n) is 5.07. The maximum Gasteiger partial charge on any atom is 0.283 e. The Morgan fingerprint density at radius 2 is 2.10 bits per heavy atom. The number of nitrogens with two attached hydrogens (primary N) is 2. The second-order valence-corrected chi connectivity index (χ2v) is 5.07. The molecule has 1 aliphatic rings. The fourth-order valence-corrected chi connectivity index (χ4v) is 2.11. The summed E-state index contributed by atoms with van der Waals surface area (Å²) in [4.78, 5) is 15.1. The number of aliphatic imine (C=N–C) groups is 1. The zero-order valence-electron chi connectivity index (χ0n) is 11.1. The number of benzene rings is 1. The Morgan fingerprint density at radius 1 is 1.45 bits per heavy atom. The Labute approximate surface area is 114 Å². The monoisotopic (exact) mass is 283 g/mol. The first-order valence-corrected chi connectivity index (χ1v) is 5.94. The Morgan fingerprint density at radius 3 is 2.70 bits per heavy atom. The van der Waals surface area contributed by atoms with Crippen LogP contribution in [0, 0.1) is 5.82 Å². The molecule has 7 heteroatoms. The molecule has 1 aromatic carbocycles. The van der Waals surface area contributed by atoms with Crippen molar-refractivity contribution in [1.82, 2.24) is 0 Å². The minimum atomic E-state index is -1.99. The van der Waals surface area contributed by atoms with Crippen molar-refractivity contribution in [3.8, 4) is 0 Å². The fraction of sp³-hybridized carbons (Fsp3) is 0.385. The normalized spacial score (nSPS) is 29.5. The minimum absolute atomic E-state index is 0.0682. The molecule has 1 heterocycles. The average molecular weight is 283 g/mol. The fourth-order valence-electron chi connectivity index (χ4n) is 2.11. The molecule has 0 aliphatic carbocycles. The number of amides is 1. The predicted molar refractivity (Wildman–Crippen MR) is 69.4 cm³/mol. The van der Waals surface area contributed by atoms with E-state index in [2.05, 4.69) is 4.99 Å². The maximum atomic E-state index is 14.7. The molecule has 1 amide bonds. The van der Waals surface area contributed by atoms with E-state index in [-0.39, 0.29) is 23.8 Å². The molecule has 0 unspecified atom stereocenters. The number of primary amides is 1. The molecule has 1 aliphatic heterocycles. The van der Waals surface area contributed by atoms with Gasteiger partial charge < -0.3 is 16.2 Å². The van der Waals surface area contributed by atoms with Crippen LogP contribution in [0.15, 0.2) is 23.2 Å². The summed E-state index contributed by atoms with van der Waals surface area (Å²) in [5.41, 5.74) is 7.00. The molecule has 0 fully saturated rings. The van der Waals surface area contributed by atoms with E-state index < -0.39 is 22.9 Å². The summed E-state index contributed by atoms with van der Waals surface area (Å²) >= 11 is 0. The molecular formula is C13H15F2N3O2. The van der Waals surface area contributed by atoms with E-state index in [4.69, 9.17) is 16.2 Å². The summed E-state index contributed by atoms with van der Waals surface area (Å²) in [5.74, 6) is -1.43. The van der Waals surface area contributed by atoms with Gasteiger partial charge in [0.1, 0.15) is 18.0 Å². The summed E-state index contributed by atoms with van der Waals surface area (Å²) in [5, 5.41) is 0. The third-order valence-electron chi connectivity index (χ3n) is 3.62. The van der Waals surface area contributed by atoms with E-state index in [1.807, 2.05) is 0 Å². The van der Waals surface area contributed by atoms with Gasteiger partial charge in [-0.1, -0.05) is 0 Å². The molecule has 108 valence electrons. The van der Waals surface area contributed by atoms with E-state index in [0.717, 1.165) is 6.07 Å². The molecule has 0 radical (unpaired) electrons. The predicted octanol–water partition coefficient (Wildman–Crippen LogP) is 1.21. The van der Waals surface area contributed by atoms with Crippen LogP contribution in [-0.4, -0.2) is 24.2 Å². The van der Waals surface area contributed by atoms with Crippen LogP contribution in [0.4, 0.5) is 8.78 Å². The van der Waals surface area contributed by atoms with Crippen LogP contribution in [0.5, 0.6) is 0 Å². The highest BCUT2D eigenvalue weighted by Gasteiger charge is 2.52. The van der Waals surface area contributed by atoms with E-state index in [1.165, 1.54) is 26.0 Å². The highest BCUT2D eigenvalue weighted by Crippen LogP contribution is 2.43. The van der Waals surface area contributed by atoms with Crippen LogP contribution in [0.3, 0.4) is 0 Å². The molecule has 1 aromatic rings. The van der Waals surface area contributed by atoms with Gasteiger partial charge in [-0.3, -0.25) is 4.79 Å². The van der Waals surface area contributed by atoms with Crippen molar-refractivity contribution in [1.29, 1.82) is 0 Å². The van der Waals surface area contributed by atoms with Gasteiger partial charge in [0, 0.05) is 11.1 Å². The topological polar surface area (TPSA) is 90.7 Å². The quantitative estimate of drug-likeness (QED) is 0.854. The molecule has 2 rings (SSSR count). The Bertz CT molecular complexity index is 601. The van der Waals surface area contributed by atoms with Gasteiger partial charge in [0.25, 0.3) is 6.02 Å². The van der Waals surface area contributed by atoms with E-state index >= 15 is 0 Å². The molecule has 0 spiro atoms. The van der Waals surface area contributed by atoms with Crippen molar-refractivity contribution >= 4 is 11.9 Å². The van der Waals surface area contributed by atoms with Gasteiger partial charge in [0.15, 0.2) is 5.67 Å². The van der Waals surface area contributed by atoms with E-state index in [1.54, 1.807) is 0 Å². The Hall–Kier alpha value is -2.18. The summed E-state index contributed by atoms with van der Waals surface area (Å²) in [7, 11) is 0. The Kier molecular flexibility index (Phi) is 3.15. The van der Waals surface area contributed by atoms with Gasteiger partial charge in [-0.2, -0.15) is 0 Å². The molecule has 2 atom stereocenters. The number of carbonyl (C=O) groups is 1. The zero-order valence-corrected chi connectivity index (χ0v) is 11.1. The lowest BCUT2D eigenvalue weighted by Gasteiger charge is -2.40. The smallest absolute Gasteiger partial charge is 0.283 e.